The first kappa shape index (κ1) is 14.3. The predicted molar refractivity (Wildman–Crippen MR) is 74.5 cm³/mol. The number of nitrogens with one attached hydrogen (secondary N) is 2. The fourth-order valence-corrected chi connectivity index (χ4v) is 2.39. The molecule has 1 aliphatic heterocycles. The number of rotatable bonds is 4. The fraction of sp³-hybridized carbons (Fsp3) is 0.923. The highest BCUT2D eigenvalue weighted by atomic mass is 15.2. The Morgan fingerprint density at radius 2 is 2.18 bits per heavy atom. The molecular weight excluding hydrogens is 212 g/mol. The molecule has 4 nitrogen and oxygen atoms in total. The summed E-state index contributed by atoms with van der Waals surface area (Å²) in [5.74, 6) is 0.918. The Morgan fingerprint density at radius 3 is 2.76 bits per heavy atom. The van der Waals surface area contributed by atoms with Crippen molar-refractivity contribution in [1.82, 2.24) is 15.5 Å². The van der Waals surface area contributed by atoms with E-state index in [1.165, 1.54) is 25.8 Å². The van der Waals surface area contributed by atoms with Gasteiger partial charge in [0.05, 0.1) is 0 Å². The normalized spacial score (nSPS) is 22.9. The Morgan fingerprint density at radius 1 is 1.41 bits per heavy atom. The van der Waals surface area contributed by atoms with Gasteiger partial charge >= 0.3 is 0 Å². The molecule has 0 bridgehead atoms. The average Bonchev–Trinajstić information content (AvgIpc) is 2.34. The van der Waals surface area contributed by atoms with E-state index in [4.69, 9.17) is 0 Å². The maximum atomic E-state index is 4.24. The Balaban J connectivity index is 2.36. The van der Waals surface area contributed by atoms with Gasteiger partial charge in [0.2, 0.25) is 0 Å². The van der Waals surface area contributed by atoms with Gasteiger partial charge in [-0.3, -0.25) is 9.89 Å². The Hall–Kier alpha value is -0.770. The molecule has 2 N–H and O–H groups in total. The van der Waals surface area contributed by atoms with E-state index < -0.39 is 0 Å². The first-order chi connectivity index (χ1) is 8.17. The number of hydrogen-bond donors (Lipinski definition) is 2. The lowest BCUT2D eigenvalue weighted by Gasteiger charge is -2.35. The zero-order valence-corrected chi connectivity index (χ0v) is 11.8. The van der Waals surface area contributed by atoms with E-state index >= 15 is 0 Å². The van der Waals surface area contributed by atoms with Gasteiger partial charge in [-0.2, -0.15) is 0 Å². The van der Waals surface area contributed by atoms with Crippen LogP contribution in [0.3, 0.4) is 0 Å². The molecule has 4 heteroatoms. The van der Waals surface area contributed by atoms with Crippen molar-refractivity contribution in [2.45, 2.75) is 52.1 Å². The molecular formula is C13H28N4. The van der Waals surface area contributed by atoms with Crippen LogP contribution >= 0.6 is 0 Å². The molecule has 17 heavy (non-hydrogen) atoms. The molecule has 1 aliphatic rings. The van der Waals surface area contributed by atoms with Gasteiger partial charge in [-0.15, -0.1) is 0 Å². The van der Waals surface area contributed by atoms with Gasteiger partial charge in [-0.25, -0.2) is 0 Å². The van der Waals surface area contributed by atoms with Gasteiger partial charge in [-0.1, -0.05) is 13.3 Å². The lowest BCUT2D eigenvalue weighted by Crippen LogP contribution is -2.49. The minimum Gasteiger partial charge on any atom is -0.355 e. The first-order valence-electron chi connectivity index (χ1n) is 6.88. The van der Waals surface area contributed by atoms with E-state index in [9.17, 15) is 0 Å². The molecule has 0 saturated carbocycles. The van der Waals surface area contributed by atoms with Crippen molar-refractivity contribution in [3.63, 3.8) is 0 Å². The van der Waals surface area contributed by atoms with Crippen molar-refractivity contribution in [3.05, 3.63) is 0 Å². The molecule has 1 saturated heterocycles. The van der Waals surface area contributed by atoms with Crippen molar-refractivity contribution in [2.24, 2.45) is 4.99 Å². The second-order valence-electron chi connectivity index (χ2n) is 5.03. The van der Waals surface area contributed by atoms with Crippen LogP contribution in [0.4, 0.5) is 0 Å². The highest BCUT2D eigenvalue weighted by Gasteiger charge is 2.20. The maximum absolute atomic E-state index is 4.24. The van der Waals surface area contributed by atoms with Crippen molar-refractivity contribution in [1.29, 1.82) is 0 Å². The Kier molecular flexibility index (Phi) is 6.34. The van der Waals surface area contributed by atoms with Crippen LogP contribution in [0.15, 0.2) is 4.99 Å². The van der Waals surface area contributed by atoms with Crippen LogP contribution in [0, 0.1) is 0 Å². The number of guanidine groups is 1. The highest BCUT2D eigenvalue weighted by molar-refractivity contribution is 5.79. The second kappa shape index (κ2) is 7.54. The van der Waals surface area contributed by atoms with Gasteiger partial charge in [0.15, 0.2) is 5.96 Å². The average molecular weight is 240 g/mol. The zero-order valence-electron chi connectivity index (χ0n) is 11.8. The number of aliphatic imine (C=N–C) groups is 1. The predicted octanol–water partition coefficient (Wildman–Crippen LogP) is 1.43. The summed E-state index contributed by atoms with van der Waals surface area (Å²) in [6.07, 6.45) is 4.02. The number of likely N-dealkylation sites (tertiary alicyclic amines) is 1. The van der Waals surface area contributed by atoms with Gasteiger partial charge in [0, 0.05) is 25.7 Å². The quantitative estimate of drug-likeness (QED) is 0.577. The summed E-state index contributed by atoms with van der Waals surface area (Å²) in [5.41, 5.74) is 0. The largest absolute Gasteiger partial charge is 0.355 e. The van der Waals surface area contributed by atoms with Crippen LogP contribution in [0.25, 0.3) is 0 Å². The lowest BCUT2D eigenvalue weighted by molar-refractivity contribution is 0.157. The third-order valence-electron chi connectivity index (χ3n) is 3.31. The molecule has 0 aromatic carbocycles. The summed E-state index contributed by atoms with van der Waals surface area (Å²) in [6.45, 7) is 9.92. The van der Waals surface area contributed by atoms with E-state index in [-0.39, 0.29) is 0 Å². The summed E-state index contributed by atoms with van der Waals surface area (Å²) < 4.78 is 0. The Labute approximate surface area is 106 Å². The summed E-state index contributed by atoms with van der Waals surface area (Å²) in [6, 6.07) is 1.09. The van der Waals surface area contributed by atoms with E-state index in [1.807, 2.05) is 7.05 Å². The first-order valence-corrected chi connectivity index (χ1v) is 6.88. The van der Waals surface area contributed by atoms with Gasteiger partial charge < -0.3 is 10.6 Å². The monoisotopic (exact) mass is 240 g/mol. The zero-order chi connectivity index (χ0) is 12.7. The van der Waals surface area contributed by atoms with E-state index in [0.29, 0.717) is 12.1 Å². The van der Waals surface area contributed by atoms with Gasteiger partial charge in [-0.05, 0) is 39.8 Å². The third kappa shape index (κ3) is 4.94. The van der Waals surface area contributed by atoms with Crippen LogP contribution < -0.4 is 10.6 Å². The molecule has 0 amide bonds. The number of nitrogens with zero attached hydrogens (tertiary/aromatic N) is 2. The van der Waals surface area contributed by atoms with Crippen molar-refractivity contribution in [2.75, 3.05) is 26.7 Å². The van der Waals surface area contributed by atoms with Crippen molar-refractivity contribution < 1.29 is 0 Å². The van der Waals surface area contributed by atoms with E-state index in [1.54, 1.807) is 0 Å². The third-order valence-corrected chi connectivity index (χ3v) is 3.31. The lowest BCUT2D eigenvalue weighted by atomic mass is 10.0. The standard InChI is InChI=1S/C13H28N4/c1-5-17-9-7-6-8-12(17)10-15-13(14-4)16-11(2)3/h11-12H,5-10H2,1-4H3,(H2,14,15,16). The molecule has 0 spiro atoms. The van der Waals surface area contributed by atoms with E-state index in [2.05, 4.69) is 41.3 Å². The Bertz CT molecular complexity index is 238. The number of hydrogen-bond acceptors (Lipinski definition) is 2. The van der Waals surface area contributed by atoms with Crippen LogP contribution in [-0.2, 0) is 0 Å². The molecule has 0 aliphatic carbocycles. The summed E-state index contributed by atoms with van der Waals surface area (Å²) in [5, 5.41) is 6.75. The minimum absolute atomic E-state index is 0.426. The topological polar surface area (TPSA) is 39.7 Å². The van der Waals surface area contributed by atoms with Crippen LogP contribution in [0.1, 0.15) is 40.0 Å². The minimum atomic E-state index is 0.426. The second-order valence-corrected chi connectivity index (χ2v) is 5.03. The van der Waals surface area contributed by atoms with Gasteiger partial charge in [0.25, 0.3) is 0 Å². The van der Waals surface area contributed by atoms with Crippen LogP contribution in [0.5, 0.6) is 0 Å². The molecule has 100 valence electrons. The number of piperidine rings is 1. The van der Waals surface area contributed by atoms with Crippen LogP contribution in [-0.4, -0.2) is 49.6 Å². The summed E-state index contributed by atoms with van der Waals surface area (Å²) in [7, 11) is 1.83. The summed E-state index contributed by atoms with van der Waals surface area (Å²) >= 11 is 0. The van der Waals surface area contributed by atoms with Crippen molar-refractivity contribution in [3.8, 4) is 0 Å². The van der Waals surface area contributed by atoms with E-state index in [0.717, 1.165) is 19.0 Å². The number of likely N-dealkylation sites (N-methyl/N-ethyl adjacent to an activating group) is 1. The molecule has 1 fully saturated rings. The molecule has 0 radical (unpaired) electrons. The smallest absolute Gasteiger partial charge is 0.191 e. The molecule has 1 heterocycles. The fourth-order valence-electron chi connectivity index (χ4n) is 2.39. The molecule has 0 aromatic heterocycles. The molecule has 0 aromatic rings. The van der Waals surface area contributed by atoms with Gasteiger partial charge in [0.1, 0.15) is 0 Å². The van der Waals surface area contributed by atoms with Crippen LogP contribution in [0.2, 0.25) is 0 Å². The summed E-state index contributed by atoms with van der Waals surface area (Å²) in [4.78, 5) is 6.81. The SMILES string of the molecule is CCN1CCCCC1CNC(=NC)NC(C)C. The highest BCUT2D eigenvalue weighted by Crippen LogP contribution is 2.15. The van der Waals surface area contributed by atoms with Crippen molar-refractivity contribution >= 4 is 5.96 Å². The molecule has 1 rings (SSSR count). The molecule has 1 unspecified atom stereocenters. The molecule has 1 atom stereocenters. The maximum Gasteiger partial charge on any atom is 0.191 e.